The number of hydrogen-bond acceptors (Lipinski definition) is 5. The molecule has 0 bridgehead atoms. The van der Waals surface area contributed by atoms with Gasteiger partial charge in [0.25, 0.3) is 0 Å². The van der Waals surface area contributed by atoms with Crippen molar-refractivity contribution in [3.8, 4) is 5.75 Å². The molecule has 4 nitrogen and oxygen atoms in total. The molecule has 1 unspecified atom stereocenters. The van der Waals surface area contributed by atoms with E-state index in [2.05, 4.69) is 5.32 Å². The summed E-state index contributed by atoms with van der Waals surface area (Å²) in [5, 5.41) is 3.20. The number of ether oxygens (including phenoxy) is 2. The molecule has 110 valence electrons. The fraction of sp³-hybridized carbons (Fsp3) is 0.533. The van der Waals surface area contributed by atoms with Crippen LogP contribution in [0.25, 0.3) is 0 Å². The molecule has 0 spiro atoms. The zero-order valence-corrected chi connectivity index (χ0v) is 13.0. The largest absolute Gasteiger partial charge is 0.497 e. The standard InChI is InChI=1S/C15H21NO3S/c1-16-15(11-4-5-11,14(17)19-3)10-20-13-8-6-12(18-2)7-9-13/h6-9,11,16H,4-5,10H2,1-3H3. The highest BCUT2D eigenvalue weighted by atomic mass is 32.2. The number of carbonyl (C=O) groups excluding carboxylic acids is 1. The van der Waals surface area contributed by atoms with Crippen LogP contribution in [0.4, 0.5) is 0 Å². The molecule has 1 aromatic rings. The van der Waals surface area contributed by atoms with Crippen molar-refractivity contribution in [2.75, 3.05) is 27.0 Å². The third-order valence-electron chi connectivity index (χ3n) is 3.80. The number of rotatable bonds is 7. The molecule has 0 saturated heterocycles. The van der Waals surface area contributed by atoms with Crippen molar-refractivity contribution in [1.82, 2.24) is 5.32 Å². The second-order valence-corrected chi connectivity index (χ2v) is 6.00. The molecule has 2 rings (SSSR count). The van der Waals surface area contributed by atoms with E-state index < -0.39 is 5.54 Å². The van der Waals surface area contributed by atoms with Gasteiger partial charge in [-0.05, 0) is 50.1 Å². The van der Waals surface area contributed by atoms with Gasteiger partial charge in [-0.2, -0.15) is 0 Å². The van der Waals surface area contributed by atoms with Crippen LogP contribution in [0.1, 0.15) is 12.8 Å². The third-order valence-corrected chi connectivity index (χ3v) is 5.00. The molecule has 1 aromatic carbocycles. The van der Waals surface area contributed by atoms with Crippen LogP contribution < -0.4 is 10.1 Å². The van der Waals surface area contributed by atoms with Crippen LogP contribution in [0.3, 0.4) is 0 Å². The van der Waals surface area contributed by atoms with Gasteiger partial charge in [-0.15, -0.1) is 11.8 Å². The summed E-state index contributed by atoms with van der Waals surface area (Å²) in [6, 6.07) is 7.87. The molecule has 1 atom stereocenters. The number of benzene rings is 1. The lowest BCUT2D eigenvalue weighted by Gasteiger charge is -2.30. The molecular weight excluding hydrogens is 274 g/mol. The molecule has 5 heteroatoms. The van der Waals surface area contributed by atoms with Gasteiger partial charge >= 0.3 is 5.97 Å². The van der Waals surface area contributed by atoms with Crippen molar-refractivity contribution >= 4 is 17.7 Å². The van der Waals surface area contributed by atoms with E-state index in [9.17, 15) is 4.79 Å². The van der Waals surface area contributed by atoms with Crippen molar-refractivity contribution in [2.24, 2.45) is 5.92 Å². The molecule has 1 aliphatic carbocycles. The molecule has 1 fully saturated rings. The normalized spacial score (nSPS) is 17.4. The molecule has 0 heterocycles. The van der Waals surface area contributed by atoms with Crippen molar-refractivity contribution in [2.45, 2.75) is 23.3 Å². The first kappa shape index (κ1) is 15.2. The van der Waals surface area contributed by atoms with E-state index in [0.717, 1.165) is 23.5 Å². The predicted molar refractivity (Wildman–Crippen MR) is 80.2 cm³/mol. The molecule has 1 N–H and O–H groups in total. The van der Waals surface area contributed by atoms with Gasteiger partial charge in [0.2, 0.25) is 0 Å². The zero-order chi connectivity index (χ0) is 14.6. The van der Waals surface area contributed by atoms with E-state index in [-0.39, 0.29) is 5.97 Å². The summed E-state index contributed by atoms with van der Waals surface area (Å²) in [6.45, 7) is 0. The number of likely N-dealkylation sites (N-methyl/N-ethyl adjacent to an activating group) is 1. The highest BCUT2D eigenvalue weighted by Gasteiger charge is 2.50. The minimum atomic E-state index is -0.570. The van der Waals surface area contributed by atoms with Gasteiger partial charge < -0.3 is 14.8 Å². The van der Waals surface area contributed by atoms with E-state index >= 15 is 0 Å². The third kappa shape index (κ3) is 3.10. The summed E-state index contributed by atoms with van der Waals surface area (Å²) in [6.07, 6.45) is 2.16. The van der Waals surface area contributed by atoms with Gasteiger partial charge in [0, 0.05) is 10.6 Å². The lowest BCUT2D eigenvalue weighted by Crippen LogP contribution is -2.55. The average molecular weight is 295 g/mol. The van der Waals surface area contributed by atoms with Crippen LogP contribution in [0, 0.1) is 5.92 Å². The Bertz CT molecular complexity index is 459. The zero-order valence-electron chi connectivity index (χ0n) is 12.1. The molecule has 0 amide bonds. The Labute approximate surface area is 124 Å². The van der Waals surface area contributed by atoms with E-state index in [1.807, 2.05) is 31.3 Å². The summed E-state index contributed by atoms with van der Waals surface area (Å²) < 4.78 is 10.1. The number of carbonyl (C=O) groups is 1. The first-order valence-electron chi connectivity index (χ1n) is 6.70. The average Bonchev–Trinajstić information content (AvgIpc) is 3.33. The summed E-state index contributed by atoms with van der Waals surface area (Å²) in [7, 11) is 4.94. The second-order valence-electron chi connectivity index (χ2n) is 4.95. The topological polar surface area (TPSA) is 47.6 Å². The van der Waals surface area contributed by atoms with Crippen LogP contribution >= 0.6 is 11.8 Å². The molecular formula is C15H21NO3S. The van der Waals surface area contributed by atoms with E-state index in [0.29, 0.717) is 11.7 Å². The van der Waals surface area contributed by atoms with E-state index in [1.165, 1.54) is 7.11 Å². The Morgan fingerprint density at radius 2 is 2.00 bits per heavy atom. The van der Waals surface area contributed by atoms with E-state index in [4.69, 9.17) is 9.47 Å². The van der Waals surface area contributed by atoms with Crippen LogP contribution in [-0.4, -0.2) is 38.5 Å². The fourth-order valence-electron chi connectivity index (χ4n) is 2.35. The first-order valence-corrected chi connectivity index (χ1v) is 7.69. The number of methoxy groups -OCH3 is 2. The number of thioether (sulfide) groups is 1. The summed E-state index contributed by atoms with van der Waals surface area (Å²) in [5.41, 5.74) is -0.570. The second kappa shape index (κ2) is 6.50. The van der Waals surface area contributed by atoms with Crippen molar-refractivity contribution in [3.63, 3.8) is 0 Å². The van der Waals surface area contributed by atoms with Crippen LogP contribution in [0.15, 0.2) is 29.2 Å². The van der Waals surface area contributed by atoms with Crippen LogP contribution in [0.5, 0.6) is 5.75 Å². The van der Waals surface area contributed by atoms with E-state index in [1.54, 1.807) is 18.9 Å². The van der Waals surface area contributed by atoms with Crippen molar-refractivity contribution in [3.05, 3.63) is 24.3 Å². The highest BCUT2D eigenvalue weighted by Crippen LogP contribution is 2.43. The van der Waals surface area contributed by atoms with Crippen molar-refractivity contribution < 1.29 is 14.3 Å². The molecule has 0 radical (unpaired) electrons. The number of hydrogen-bond donors (Lipinski definition) is 1. The summed E-state index contributed by atoms with van der Waals surface area (Å²) >= 11 is 1.66. The SMILES string of the molecule is CNC(CSc1ccc(OC)cc1)(C(=O)OC)C1CC1. The summed E-state index contributed by atoms with van der Waals surface area (Å²) in [5.74, 6) is 1.73. The molecule has 0 aromatic heterocycles. The van der Waals surface area contributed by atoms with Crippen molar-refractivity contribution in [1.29, 1.82) is 0 Å². The van der Waals surface area contributed by atoms with Gasteiger partial charge in [0.05, 0.1) is 14.2 Å². The quantitative estimate of drug-likeness (QED) is 0.618. The maximum absolute atomic E-state index is 12.2. The molecule has 20 heavy (non-hydrogen) atoms. The lowest BCUT2D eigenvalue weighted by molar-refractivity contribution is -0.148. The lowest BCUT2D eigenvalue weighted by atomic mass is 9.96. The Kier molecular flexibility index (Phi) is 4.94. The van der Waals surface area contributed by atoms with Gasteiger partial charge in [0.1, 0.15) is 11.3 Å². The number of nitrogens with one attached hydrogen (secondary N) is 1. The monoisotopic (exact) mass is 295 g/mol. The maximum Gasteiger partial charge on any atom is 0.327 e. The smallest absolute Gasteiger partial charge is 0.327 e. The van der Waals surface area contributed by atoms with Gasteiger partial charge in [0.15, 0.2) is 0 Å². The van der Waals surface area contributed by atoms with Gasteiger partial charge in [-0.1, -0.05) is 0 Å². The molecule has 1 aliphatic rings. The minimum Gasteiger partial charge on any atom is -0.497 e. The fourth-order valence-corrected chi connectivity index (χ4v) is 3.57. The first-order chi connectivity index (χ1) is 9.66. The minimum absolute atomic E-state index is 0.163. The predicted octanol–water partition coefficient (Wildman–Crippen LogP) is 2.33. The van der Waals surface area contributed by atoms with Crippen LogP contribution in [-0.2, 0) is 9.53 Å². The summed E-state index contributed by atoms with van der Waals surface area (Å²) in [4.78, 5) is 13.3. The molecule has 1 saturated carbocycles. The Morgan fingerprint density at radius 1 is 1.35 bits per heavy atom. The highest BCUT2D eigenvalue weighted by molar-refractivity contribution is 7.99. The Hall–Kier alpha value is -1.20. The van der Waals surface area contributed by atoms with Gasteiger partial charge in [-0.25, -0.2) is 0 Å². The van der Waals surface area contributed by atoms with Crippen LogP contribution in [0.2, 0.25) is 0 Å². The maximum atomic E-state index is 12.2. The molecule has 0 aliphatic heterocycles. The van der Waals surface area contributed by atoms with Gasteiger partial charge in [-0.3, -0.25) is 4.79 Å². The Balaban J connectivity index is 2.06. The Morgan fingerprint density at radius 3 is 2.45 bits per heavy atom. The number of esters is 1.